The first-order valence-electron chi connectivity index (χ1n) is 7.58. The topological polar surface area (TPSA) is 117 Å². The Hall–Kier alpha value is -2.53. The van der Waals surface area contributed by atoms with Crippen LogP contribution in [0.2, 0.25) is 0 Å². The van der Waals surface area contributed by atoms with Crippen molar-refractivity contribution in [2.75, 3.05) is 39.4 Å². The molecule has 2 aliphatic heterocycles. The van der Waals surface area contributed by atoms with Crippen LogP contribution >= 0.6 is 0 Å². The number of morpholine rings is 1. The molecule has 1 aromatic rings. The van der Waals surface area contributed by atoms with E-state index in [0.29, 0.717) is 32.1 Å². The summed E-state index contributed by atoms with van der Waals surface area (Å²) in [4.78, 5) is 27.1. The van der Waals surface area contributed by atoms with Gasteiger partial charge in [0.25, 0.3) is 0 Å². The third kappa shape index (κ3) is 3.51. The van der Waals surface area contributed by atoms with Gasteiger partial charge in [0.2, 0.25) is 6.20 Å². The van der Waals surface area contributed by atoms with E-state index < -0.39 is 11.0 Å². The number of carbonyl (C=O) groups is 1. The molecule has 2 fully saturated rings. The van der Waals surface area contributed by atoms with Crippen molar-refractivity contribution in [3.63, 3.8) is 0 Å². The fraction of sp³-hybridized carbons (Fsp3) is 0.615. The summed E-state index contributed by atoms with van der Waals surface area (Å²) in [7, 11) is 1.54. The number of aromatic amines is 1. The Morgan fingerprint density at radius 3 is 2.96 bits per heavy atom. The number of hydrogen-bond acceptors (Lipinski definition) is 7. The molecule has 11 heteroatoms. The SMILES string of the molecule is C[n+]1c([N+](=O)[O-])c[nH]c1/C=N/N1CC(CN2CCOCC2)OC1=O. The highest BCUT2D eigenvalue weighted by molar-refractivity contribution is 5.76. The Morgan fingerprint density at radius 1 is 1.54 bits per heavy atom. The van der Waals surface area contributed by atoms with Crippen LogP contribution in [0.25, 0.3) is 0 Å². The van der Waals surface area contributed by atoms with Crippen molar-refractivity contribution >= 4 is 18.1 Å². The lowest BCUT2D eigenvalue weighted by Crippen LogP contribution is -2.41. The fourth-order valence-corrected chi connectivity index (χ4v) is 2.65. The van der Waals surface area contributed by atoms with Crippen LogP contribution in [0.1, 0.15) is 5.82 Å². The summed E-state index contributed by atoms with van der Waals surface area (Å²) in [5, 5.41) is 16.1. The number of hydrazone groups is 1. The Morgan fingerprint density at radius 2 is 2.29 bits per heavy atom. The second kappa shape index (κ2) is 6.93. The largest absolute Gasteiger partial charge is 0.441 e. The van der Waals surface area contributed by atoms with Gasteiger partial charge in [-0.3, -0.25) is 4.90 Å². The molecule has 0 spiro atoms. The minimum absolute atomic E-state index is 0.0920. The molecule has 0 aromatic carbocycles. The summed E-state index contributed by atoms with van der Waals surface area (Å²) in [6, 6.07) is 0. The van der Waals surface area contributed by atoms with Crippen molar-refractivity contribution in [1.29, 1.82) is 0 Å². The first-order chi connectivity index (χ1) is 11.5. The molecule has 0 saturated carbocycles. The number of amides is 1. The van der Waals surface area contributed by atoms with E-state index in [1.54, 1.807) is 7.05 Å². The van der Waals surface area contributed by atoms with E-state index in [-0.39, 0.29) is 11.9 Å². The van der Waals surface area contributed by atoms with Gasteiger partial charge in [-0.15, -0.1) is 4.57 Å². The molecule has 2 aliphatic rings. The molecule has 0 aliphatic carbocycles. The molecule has 130 valence electrons. The lowest BCUT2D eigenvalue weighted by atomic mass is 10.3. The Kier molecular flexibility index (Phi) is 4.71. The third-order valence-electron chi connectivity index (χ3n) is 3.98. The number of cyclic esters (lactones) is 1. The number of nitro groups is 1. The molecule has 3 rings (SSSR count). The highest BCUT2D eigenvalue weighted by Gasteiger charge is 2.33. The molecule has 11 nitrogen and oxygen atoms in total. The molecule has 2 saturated heterocycles. The molecule has 1 N–H and O–H groups in total. The van der Waals surface area contributed by atoms with Crippen LogP contribution in [0, 0.1) is 10.1 Å². The van der Waals surface area contributed by atoms with Gasteiger partial charge in [0.05, 0.1) is 19.8 Å². The van der Waals surface area contributed by atoms with Crippen LogP contribution < -0.4 is 4.57 Å². The molecular formula is C13H19N6O5+. The normalized spacial score (nSPS) is 22.3. The maximum Gasteiger partial charge on any atom is 0.434 e. The van der Waals surface area contributed by atoms with E-state index in [9.17, 15) is 14.9 Å². The average Bonchev–Trinajstić information content (AvgIpc) is 3.09. The third-order valence-corrected chi connectivity index (χ3v) is 3.98. The van der Waals surface area contributed by atoms with Gasteiger partial charge in [-0.1, -0.05) is 0 Å². The summed E-state index contributed by atoms with van der Waals surface area (Å²) in [5.74, 6) is 0.316. The summed E-state index contributed by atoms with van der Waals surface area (Å²) in [6.45, 7) is 4.00. The summed E-state index contributed by atoms with van der Waals surface area (Å²) in [6.07, 6.45) is 1.86. The zero-order chi connectivity index (χ0) is 17.1. The van der Waals surface area contributed by atoms with Gasteiger partial charge in [0, 0.05) is 24.6 Å². The van der Waals surface area contributed by atoms with Gasteiger partial charge >= 0.3 is 17.7 Å². The molecule has 1 unspecified atom stereocenters. The van der Waals surface area contributed by atoms with Gasteiger partial charge in [-0.25, -0.2) is 9.78 Å². The number of hydrogen-bond donors (Lipinski definition) is 1. The van der Waals surface area contributed by atoms with E-state index in [2.05, 4.69) is 15.0 Å². The van der Waals surface area contributed by atoms with Crippen molar-refractivity contribution < 1.29 is 23.8 Å². The summed E-state index contributed by atoms with van der Waals surface area (Å²) < 4.78 is 11.9. The second-order valence-corrected chi connectivity index (χ2v) is 5.59. The zero-order valence-corrected chi connectivity index (χ0v) is 13.3. The molecule has 24 heavy (non-hydrogen) atoms. The number of nitrogens with zero attached hydrogens (tertiary/aromatic N) is 5. The van der Waals surface area contributed by atoms with E-state index in [4.69, 9.17) is 9.47 Å². The number of H-pyrrole nitrogens is 1. The maximum absolute atomic E-state index is 11.9. The predicted molar refractivity (Wildman–Crippen MR) is 80.5 cm³/mol. The van der Waals surface area contributed by atoms with Crippen LogP contribution in [-0.4, -0.2) is 77.6 Å². The number of carbonyl (C=O) groups excluding carboxylic acids is 1. The van der Waals surface area contributed by atoms with Crippen molar-refractivity contribution in [1.82, 2.24) is 14.9 Å². The minimum Gasteiger partial charge on any atom is -0.441 e. The minimum atomic E-state index is -0.520. The van der Waals surface area contributed by atoms with E-state index in [1.807, 2.05) is 0 Å². The van der Waals surface area contributed by atoms with E-state index in [0.717, 1.165) is 13.1 Å². The molecule has 3 heterocycles. The molecule has 0 bridgehead atoms. The predicted octanol–water partition coefficient (Wildman–Crippen LogP) is -0.766. The number of nitrogens with one attached hydrogen (secondary N) is 1. The number of aromatic nitrogens is 2. The molecule has 1 atom stereocenters. The first kappa shape index (κ1) is 16.3. The van der Waals surface area contributed by atoms with Crippen LogP contribution in [0.15, 0.2) is 11.3 Å². The Bertz CT molecular complexity index is 653. The highest BCUT2D eigenvalue weighted by Crippen LogP contribution is 2.13. The number of imidazole rings is 1. The lowest BCUT2D eigenvalue weighted by molar-refractivity contribution is -0.714. The van der Waals surface area contributed by atoms with Crippen LogP contribution in [0.5, 0.6) is 0 Å². The first-order valence-corrected chi connectivity index (χ1v) is 7.58. The van der Waals surface area contributed by atoms with Crippen LogP contribution in [0.3, 0.4) is 0 Å². The van der Waals surface area contributed by atoms with Gasteiger partial charge in [0.1, 0.15) is 13.2 Å². The monoisotopic (exact) mass is 339 g/mol. The van der Waals surface area contributed by atoms with Crippen molar-refractivity contribution in [3.8, 4) is 0 Å². The van der Waals surface area contributed by atoms with Crippen LogP contribution in [-0.2, 0) is 16.5 Å². The summed E-state index contributed by atoms with van der Waals surface area (Å²) in [5.41, 5.74) is 0. The van der Waals surface area contributed by atoms with E-state index in [1.165, 1.54) is 22.0 Å². The van der Waals surface area contributed by atoms with Gasteiger partial charge in [0.15, 0.2) is 6.21 Å². The summed E-state index contributed by atoms with van der Waals surface area (Å²) >= 11 is 0. The zero-order valence-electron chi connectivity index (χ0n) is 13.3. The molecular weight excluding hydrogens is 320 g/mol. The van der Waals surface area contributed by atoms with Gasteiger partial charge in [-0.2, -0.15) is 10.1 Å². The highest BCUT2D eigenvalue weighted by atomic mass is 16.6. The lowest BCUT2D eigenvalue weighted by Gasteiger charge is -2.27. The molecule has 1 amide bonds. The quantitative estimate of drug-likeness (QED) is 0.326. The fourth-order valence-electron chi connectivity index (χ4n) is 2.65. The molecule has 0 radical (unpaired) electrons. The number of ether oxygens (including phenoxy) is 2. The van der Waals surface area contributed by atoms with Gasteiger partial charge in [-0.05, 0) is 0 Å². The second-order valence-electron chi connectivity index (χ2n) is 5.59. The standard InChI is InChI=1S/C13H18N6O5/c1-16-11(14-7-12(16)19(21)22)6-15-18-9-10(24-13(18)20)8-17-2-4-23-5-3-17/h6-7,10H,2-5,8-9H2,1H3/p+1/b15-6+. The van der Waals surface area contributed by atoms with Crippen molar-refractivity contribution in [2.24, 2.45) is 12.1 Å². The van der Waals surface area contributed by atoms with Crippen LogP contribution in [0.4, 0.5) is 10.6 Å². The van der Waals surface area contributed by atoms with Gasteiger partial charge < -0.3 is 19.6 Å². The van der Waals surface area contributed by atoms with Crippen molar-refractivity contribution in [2.45, 2.75) is 6.10 Å². The van der Waals surface area contributed by atoms with Crippen molar-refractivity contribution in [3.05, 3.63) is 22.1 Å². The Balaban J connectivity index is 1.59. The Labute approximate surface area is 137 Å². The smallest absolute Gasteiger partial charge is 0.434 e. The maximum atomic E-state index is 11.9. The average molecular weight is 339 g/mol. The number of rotatable bonds is 5. The van der Waals surface area contributed by atoms with E-state index >= 15 is 0 Å². The molecule has 1 aromatic heterocycles.